The van der Waals surface area contributed by atoms with Gasteiger partial charge in [-0.2, -0.15) is 5.26 Å². The molecule has 1 atom stereocenters. The number of hydrogen-bond donors (Lipinski definition) is 0. The summed E-state index contributed by atoms with van der Waals surface area (Å²) in [6.07, 6.45) is 3.38. The summed E-state index contributed by atoms with van der Waals surface area (Å²) < 4.78 is 10.7. The van der Waals surface area contributed by atoms with Crippen LogP contribution in [-0.2, 0) is 11.3 Å². The van der Waals surface area contributed by atoms with Crippen molar-refractivity contribution < 1.29 is 9.15 Å². The lowest BCUT2D eigenvalue weighted by Crippen LogP contribution is -2.30. The summed E-state index contributed by atoms with van der Waals surface area (Å²) in [5.41, 5.74) is 0. The van der Waals surface area contributed by atoms with Crippen LogP contribution in [0, 0.1) is 17.2 Å². The third-order valence-electron chi connectivity index (χ3n) is 3.04. The van der Waals surface area contributed by atoms with Crippen LogP contribution in [0.3, 0.4) is 0 Å². The molecule has 0 saturated carbocycles. The van der Waals surface area contributed by atoms with Gasteiger partial charge >= 0.3 is 0 Å². The lowest BCUT2D eigenvalue weighted by atomic mass is 10.1. The van der Waals surface area contributed by atoms with Crippen molar-refractivity contribution in [1.29, 1.82) is 5.26 Å². The first kappa shape index (κ1) is 12.2. The Morgan fingerprint density at radius 2 is 2.47 bits per heavy atom. The second kappa shape index (κ2) is 6.43. The average Bonchev–Trinajstić information content (AvgIpc) is 2.99. The highest BCUT2D eigenvalue weighted by Gasteiger charge is 2.19. The maximum absolute atomic E-state index is 8.68. The fourth-order valence-corrected chi connectivity index (χ4v) is 2.16. The van der Waals surface area contributed by atoms with Crippen LogP contribution < -0.4 is 0 Å². The van der Waals surface area contributed by atoms with Crippen LogP contribution in [0.4, 0.5) is 0 Å². The predicted molar refractivity (Wildman–Crippen MR) is 63.1 cm³/mol. The second-order valence-corrected chi connectivity index (χ2v) is 4.45. The van der Waals surface area contributed by atoms with Crippen molar-refractivity contribution in [3.05, 3.63) is 24.2 Å². The van der Waals surface area contributed by atoms with E-state index in [4.69, 9.17) is 14.4 Å². The van der Waals surface area contributed by atoms with Crippen LogP contribution in [-0.4, -0.2) is 31.2 Å². The minimum atomic E-state index is 0.564. The minimum absolute atomic E-state index is 0.564. The molecule has 0 radical (unpaired) electrons. The first-order valence-electron chi connectivity index (χ1n) is 6.08. The first-order chi connectivity index (χ1) is 8.38. The summed E-state index contributed by atoms with van der Waals surface area (Å²) in [7, 11) is 0. The molecule has 1 aliphatic heterocycles. The molecule has 0 aliphatic carbocycles. The van der Waals surface area contributed by atoms with Gasteiger partial charge in [0.1, 0.15) is 5.76 Å². The SMILES string of the molecule is N#CCCN(Cc1ccco1)C[C@H]1CCOC1. The molecule has 17 heavy (non-hydrogen) atoms. The van der Waals surface area contributed by atoms with E-state index in [1.807, 2.05) is 12.1 Å². The van der Waals surface area contributed by atoms with E-state index < -0.39 is 0 Å². The average molecular weight is 234 g/mol. The Morgan fingerprint density at radius 1 is 1.53 bits per heavy atom. The van der Waals surface area contributed by atoms with Crippen LogP contribution in [0.15, 0.2) is 22.8 Å². The largest absolute Gasteiger partial charge is 0.468 e. The van der Waals surface area contributed by atoms with E-state index >= 15 is 0 Å². The molecular formula is C13H18N2O2. The van der Waals surface area contributed by atoms with Crippen molar-refractivity contribution in [2.75, 3.05) is 26.3 Å². The van der Waals surface area contributed by atoms with Crippen molar-refractivity contribution in [1.82, 2.24) is 4.90 Å². The van der Waals surface area contributed by atoms with Gasteiger partial charge < -0.3 is 9.15 Å². The third-order valence-corrected chi connectivity index (χ3v) is 3.04. The van der Waals surface area contributed by atoms with E-state index in [0.29, 0.717) is 12.3 Å². The fraction of sp³-hybridized carbons (Fsp3) is 0.615. The Morgan fingerprint density at radius 3 is 3.12 bits per heavy atom. The zero-order valence-corrected chi connectivity index (χ0v) is 9.97. The number of nitrogens with zero attached hydrogens (tertiary/aromatic N) is 2. The molecule has 1 aliphatic rings. The lowest BCUT2D eigenvalue weighted by molar-refractivity contribution is 0.162. The first-order valence-corrected chi connectivity index (χ1v) is 6.08. The van der Waals surface area contributed by atoms with E-state index in [1.54, 1.807) is 6.26 Å². The minimum Gasteiger partial charge on any atom is -0.468 e. The highest BCUT2D eigenvalue weighted by atomic mass is 16.5. The fourth-order valence-electron chi connectivity index (χ4n) is 2.16. The van der Waals surface area contributed by atoms with Crippen molar-refractivity contribution in [3.63, 3.8) is 0 Å². The zero-order valence-electron chi connectivity index (χ0n) is 9.97. The Hall–Kier alpha value is -1.31. The van der Waals surface area contributed by atoms with Crippen molar-refractivity contribution in [2.24, 2.45) is 5.92 Å². The molecule has 0 bridgehead atoms. The normalized spacial score (nSPS) is 19.6. The molecular weight excluding hydrogens is 216 g/mol. The third kappa shape index (κ3) is 3.88. The Kier molecular flexibility index (Phi) is 4.60. The van der Waals surface area contributed by atoms with Gasteiger partial charge in [-0.3, -0.25) is 4.90 Å². The predicted octanol–water partition coefficient (Wildman–Crippen LogP) is 2.03. The topological polar surface area (TPSA) is 49.4 Å². The molecule has 0 spiro atoms. The van der Waals surface area contributed by atoms with Crippen LogP contribution in [0.2, 0.25) is 0 Å². The summed E-state index contributed by atoms with van der Waals surface area (Å²) in [5, 5.41) is 8.68. The van der Waals surface area contributed by atoms with Crippen LogP contribution in [0.25, 0.3) is 0 Å². The van der Waals surface area contributed by atoms with Crippen LogP contribution in [0.5, 0.6) is 0 Å². The zero-order chi connectivity index (χ0) is 11.9. The van der Waals surface area contributed by atoms with Gasteiger partial charge in [0.05, 0.1) is 25.5 Å². The smallest absolute Gasteiger partial charge is 0.117 e. The Balaban J connectivity index is 1.85. The lowest BCUT2D eigenvalue weighted by Gasteiger charge is -2.22. The Labute approximate surface area is 102 Å². The molecule has 1 fully saturated rings. The highest BCUT2D eigenvalue weighted by molar-refractivity contribution is 4.98. The van der Waals surface area contributed by atoms with E-state index in [0.717, 1.165) is 45.0 Å². The van der Waals surface area contributed by atoms with Gasteiger partial charge in [-0.1, -0.05) is 0 Å². The van der Waals surface area contributed by atoms with Crippen molar-refractivity contribution in [3.8, 4) is 6.07 Å². The molecule has 1 saturated heterocycles. The molecule has 0 aromatic carbocycles. The molecule has 92 valence electrons. The van der Waals surface area contributed by atoms with Gasteiger partial charge in [-0.15, -0.1) is 0 Å². The number of rotatable bonds is 6. The Bertz CT molecular complexity index is 350. The maximum Gasteiger partial charge on any atom is 0.117 e. The van der Waals surface area contributed by atoms with Crippen molar-refractivity contribution in [2.45, 2.75) is 19.4 Å². The van der Waals surface area contributed by atoms with E-state index in [9.17, 15) is 0 Å². The van der Waals surface area contributed by atoms with E-state index in [1.165, 1.54) is 0 Å². The van der Waals surface area contributed by atoms with Crippen LogP contribution in [0.1, 0.15) is 18.6 Å². The molecule has 1 aromatic heterocycles. The van der Waals surface area contributed by atoms with Gasteiger partial charge in [0.25, 0.3) is 0 Å². The molecule has 0 unspecified atom stereocenters. The number of hydrogen-bond acceptors (Lipinski definition) is 4. The van der Waals surface area contributed by atoms with E-state index in [-0.39, 0.29) is 0 Å². The van der Waals surface area contributed by atoms with Gasteiger partial charge in [-0.05, 0) is 24.5 Å². The highest BCUT2D eigenvalue weighted by Crippen LogP contribution is 2.16. The monoisotopic (exact) mass is 234 g/mol. The molecule has 2 rings (SSSR count). The summed E-state index contributed by atoms with van der Waals surface area (Å²) >= 11 is 0. The molecule has 1 aromatic rings. The van der Waals surface area contributed by atoms with Gasteiger partial charge in [0.2, 0.25) is 0 Å². The molecule has 0 amide bonds. The number of nitriles is 1. The van der Waals surface area contributed by atoms with Gasteiger partial charge in [0, 0.05) is 26.1 Å². The van der Waals surface area contributed by atoms with Gasteiger partial charge in [0.15, 0.2) is 0 Å². The summed E-state index contributed by atoms with van der Waals surface area (Å²) in [6.45, 7) is 4.29. The van der Waals surface area contributed by atoms with E-state index in [2.05, 4.69) is 11.0 Å². The molecule has 4 heteroatoms. The van der Waals surface area contributed by atoms with Crippen LogP contribution >= 0.6 is 0 Å². The maximum atomic E-state index is 8.68. The molecule has 4 nitrogen and oxygen atoms in total. The standard InChI is InChI=1S/C13H18N2O2/c14-5-2-6-15(9-12-4-8-16-11-12)10-13-3-1-7-17-13/h1,3,7,12H,2,4,6,8-11H2/t12-/m1/s1. The quantitative estimate of drug-likeness (QED) is 0.755. The summed E-state index contributed by atoms with van der Waals surface area (Å²) in [5.74, 6) is 1.56. The molecule has 2 heterocycles. The number of ether oxygens (including phenoxy) is 1. The van der Waals surface area contributed by atoms with Gasteiger partial charge in [-0.25, -0.2) is 0 Å². The summed E-state index contributed by atoms with van der Waals surface area (Å²) in [4.78, 5) is 2.28. The number of furan rings is 1. The second-order valence-electron chi connectivity index (χ2n) is 4.45. The van der Waals surface area contributed by atoms with Crippen molar-refractivity contribution >= 4 is 0 Å². The molecule has 0 N–H and O–H groups in total. The summed E-state index contributed by atoms with van der Waals surface area (Å²) in [6, 6.07) is 6.08.